The summed E-state index contributed by atoms with van der Waals surface area (Å²) in [6, 6.07) is 29.4. The molecule has 150 valence electrons. The van der Waals surface area contributed by atoms with Gasteiger partial charge in [0, 0.05) is 18.5 Å². The Kier molecular flexibility index (Phi) is 5.30. The number of fused-ring (bicyclic) bond motifs is 1. The van der Waals surface area contributed by atoms with Crippen molar-refractivity contribution in [3.05, 3.63) is 96.1 Å². The lowest BCUT2D eigenvalue weighted by atomic mass is 9.98. The Morgan fingerprint density at radius 2 is 1.27 bits per heavy atom. The molecule has 1 aliphatic heterocycles. The topological polar surface area (TPSA) is 41.1 Å². The summed E-state index contributed by atoms with van der Waals surface area (Å²) in [5.41, 5.74) is 3.41. The molecule has 3 aromatic carbocycles. The number of anilines is 2. The van der Waals surface area contributed by atoms with Crippen molar-refractivity contribution in [3.8, 4) is 0 Å². The summed E-state index contributed by atoms with van der Waals surface area (Å²) < 4.78 is 0. The van der Waals surface area contributed by atoms with Gasteiger partial charge in [-0.1, -0.05) is 72.8 Å². The number of piperidine rings is 1. The molecule has 0 spiro atoms. The number of aromatic nitrogens is 2. The second kappa shape index (κ2) is 8.54. The van der Waals surface area contributed by atoms with Gasteiger partial charge in [0.15, 0.2) is 0 Å². The molecule has 1 N–H and O–H groups in total. The van der Waals surface area contributed by atoms with E-state index in [2.05, 4.69) is 89.1 Å². The number of para-hydroxylation sites is 1. The van der Waals surface area contributed by atoms with Gasteiger partial charge in [0.1, 0.15) is 5.82 Å². The zero-order chi connectivity index (χ0) is 20.2. The Morgan fingerprint density at radius 1 is 0.667 bits per heavy atom. The molecule has 0 saturated carbocycles. The van der Waals surface area contributed by atoms with Crippen LogP contribution in [0.15, 0.2) is 84.9 Å². The van der Waals surface area contributed by atoms with Crippen LogP contribution in [0.5, 0.6) is 0 Å². The normalized spacial score (nSPS) is 14.2. The number of rotatable bonds is 5. The second-order valence-corrected chi connectivity index (χ2v) is 7.84. The second-order valence-electron chi connectivity index (χ2n) is 7.84. The number of hydrogen-bond acceptors (Lipinski definition) is 4. The van der Waals surface area contributed by atoms with Crippen molar-refractivity contribution < 1.29 is 0 Å². The van der Waals surface area contributed by atoms with Crippen LogP contribution < -0.4 is 10.2 Å². The number of benzene rings is 3. The molecule has 4 nitrogen and oxygen atoms in total. The molecule has 0 aliphatic carbocycles. The standard InChI is InChI=1S/C26H26N4/c1-4-12-20(13-5-1)24(21-14-6-2-7-15-21)28-25-22-16-8-9-17-23(22)27-26(29-25)30-18-10-3-11-19-30/h1-2,4-9,12-17,24H,3,10-11,18-19H2,(H,27,28,29). The third kappa shape index (κ3) is 3.86. The zero-order valence-corrected chi connectivity index (χ0v) is 17.0. The first-order chi connectivity index (χ1) is 14.9. The molecular formula is C26H26N4. The highest BCUT2D eigenvalue weighted by Crippen LogP contribution is 2.31. The van der Waals surface area contributed by atoms with Crippen molar-refractivity contribution in [2.24, 2.45) is 0 Å². The van der Waals surface area contributed by atoms with Gasteiger partial charge in [-0.05, 0) is 42.5 Å². The molecule has 1 aromatic heterocycles. The van der Waals surface area contributed by atoms with E-state index in [1.807, 2.05) is 6.07 Å². The molecule has 1 aliphatic rings. The molecule has 0 bridgehead atoms. The van der Waals surface area contributed by atoms with Crippen LogP contribution in [-0.2, 0) is 0 Å². The van der Waals surface area contributed by atoms with Gasteiger partial charge >= 0.3 is 0 Å². The molecule has 0 radical (unpaired) electrons. The fourth-order valence-corrected chi connectivity index (χ4v) is 4.20. The third-order valence-electron chi connectivity index (χ3n) is 5.78. The Balaban J connectivity index is 1.59. The van der Waals surface area contributed by atoms with Crippen LogP contribution in [0.25, 0.3) is 10.9 Å². The average Bonchev–Trinajstić information content (AvgIpc) is 2.84. The molecule has 2 heterocycles. The minimum atomic E-state index is 0.0138. The number of nitrogens with one attached hydrogen (secondary N) is 1. The van der Waals surface area contributed by atoms with Crippen molar-refractivity contribution in [1.82, 2.24) is 9.97 Å². The van der Waals surface area contributed by atoms with Gasteiger partial charge in [0.25, 0.3) is 0 Å². The highest BCUT2D eigenvalue weighted by Gasteiger charge is 2.19. The maximum atomic E-state index is 5.02. The minimum absolute atomic E-state index is 0.0138. The summed E-state index contributed by atoms with van der Waals surface area (Å²) in [5.74, 6) is 1.72. The van der Waals surface area contributed by atoms with Gasteiger partial charge in [0.05, 0.1) is 11.6 Å². The Hall–Kier alpha value is -3.40. The Bertz CT molecular complexity index is 1070. The van der Waals surface area contributed by atoms with Gasteiger partial charge in [-0.2, -0.15) is 4.98 Å². The van der Waals surface area contributed by atoms with Crippen LogP contribution in [0.3, 0.4) is 0 Å². The molecule has 1 saturated heterocycles. The maximum Gasteiger partial charge on any atom is 0.227 e. The summed E-state index contributed by atoms with van der Waals surface area (Å²) in [5, 5.41) is 4.81. The summed E-state index contributed by atoms with van der Waals surface area (Å²) in [7, 11) is 0. The van der Waals surface area contributed by atoms with Crippen LogP contribution in [-0.4, -0.2) is 23.1 Å². The van der Waals surface area contributed by atoms with E-state index in [4.69, 9.17) is 9.97 Å². The largest absolute Gasteiger partial charge is 0.358 e. The van der Waals surface area contributed by atoms with Gasteiger partial charge in [-0.15, -0.1) is 0 Å². The van der Waals surface area contributed by atoms with E-state index in [0.717, 1.165) is 35.8 Å². The molecule has 4 heteroatoms. The van der Waals surface area contributed by atoms with E-state index < -0.39 is 0 Å². The Labute approximate surface area is 177 Å². The Morgan fingerprint density at radius 3 is 1.93 bits per heavy atom. The van der Waals surface area contributed by atoms with Crippen LogP contribution in [0.1, 0.15) is 36.4 Å². The summed E-state index contributed by atoms with van der Waals surface area (Å²) in [6.45, 7) is 2.05. The van der Waals surface area contributed by atoms with Crippen LogP contribution in [0, 0.1) is 0 Å². The third-order valence-corrected chi connectivity index (χ3v) is 5.78. The van der Waals surface area contributed by atoms with E-state index in [9.17, 15) is 0 Å². The lowest BCUT2D eigenvalue weighted by Gasteiger charge is -2.28. The molecule has 0 unspecified atom stereocenters. The quantitative estimate of drug-likeness (QED) is 0.463. The first-order valence-electron chi connectivity index (χ1n) is 10.8. The van der Waals surface area contributed by atoms with Gasteiger partial charge in [0.2, 0.25) is 5.95 Å². The van der Waals surface area contributed by atoms with E-state index in [1.165, 1.54) is 30.4 Å². The minimum Gasteiger partial charge on any atom is -0.358 e. The lowest BCUT2D eigenvalue weighted by Crippen LogP contribution is -2.31. The fourth-order valence-electron chi connectivity index (χ4n) is 4.20. The van der Waals surface area contributed by atoms with E-state index >= 15 is 0 Å². The van der Waals surface area contributed by atoms with E-state index in [0.29, 0.717) is 0 Å². The van der Waals surface area contributed by atoms with Gasteiger partial charge < -0.3 is 10.2 Å². The predicted molar refractivity (Wildman–Crippen MR) is 124 cm³/mol. The van der Waals surface area contributed by atoms with Crippen LogP contribution in [0.4, 0.5) is 11.8 Å². The summed E-state index contributed by atoms with van der Waals surface area (Å²) in [4.78, 5) is 12.2. The molecule has 30 heavy (non-hydrogen) atoms. The summed E-state index contributed by atoms with van der Waals surface area (Å²) in [6.07, 6.45) is 3.70. The van der Waals surface area contributed by atoms with Crippen molar-refractivity contribution in [1.29, 1.82) is 0 Å². The first kappa shape index (κ1) is 18.6. The summed E-state index contributed by atoms with van der Waals surface area (Å²) >= 11 is 0. The monoisotopic (exact) mass is 394 g/mol. The zero-order valence-electron chi connectivity index (χ0n) is 17.0. The van der Waals surface area contributed by atoms with Crippen molar-refractivity contribution in [3.63, 3.8) is 0 Å². The van der Waals surface area contributed by atoms with Gasteiger partial charge in [-0.25, -0.2) is 4.98 Å². The van der Waals surface area contributed by atoms with Gasteiger partial charge in [-0.3, -0.25) is 0 Å². The van der Waals surface area contributed by atoms with Crippen molar-refractivity contribution in [2.45, 2.75) is 25.3 Å². The van der Waals surface area contributed by atoms with Crippen LogP contribution in [0.2, 0.25) is 0 Å². The number of hydrogen-bond donors (Lipinski definition) is 1. The predicted octanol–water partition coefficient (Wildman–Crippen LogP) is 5.82. The maximum absolute atomic E-state index is 5.02. The van der Waals surface area contributed by atoms with Crippen molar-refractivity contribution in [2.75, 3.05) is 23.3 Å². The van der Waals surface area contributed by atoms with E-state index in [1.54, 1.807) is 0 Å². The molecule has 0 amide bonds. The van der Waals surface area contributed by atoms with E-state index in [-0.39, 0.29) is 6.04 Å². The average molecular weight is 395 g/mol. The molecule has 4 aromatic rings. The van der Waals surface area contributed by atoms with Crippen molar-refractivity contribution >= 4 is 22.7 Å². The molecular weight excluding hydrogens is 368 g/mol. The SMILES string of the molecule is c1ccc(C(Nc2nc(N3CCCCC3)nc3ccccc23)c2ccccc2)cc1. The lowest BCUT2D eigenvalue weighted by molar-refractivity contribution is 0.569. The number of nitrogens with zero attached hydrogens (tertiary/aromatic N) is 3. The molecule has 1 fully saturated rings. The fraction of sp³-hybridized carbons (Fsp3) is 0.231. The highest BCUT2D eigenvalue weighted by atomic mass is 15.3. The first-order valence-corrected chi connectivity index (χ1v) is 10.8. The molecule has 5 rings (SSSR count). The van der Waals surface area contributed by atoms with Crippen LogP contribution >= 0.6 is 0 Å². The highest BCUT2D eigenvalue weighted by molar-refractivity contribution is 5.90. The molecule has 0 atom stereocenters. The smallest absolute Gasteiger partial charge is 0.227 e.